The Labute approximate surface area is 160 Å². The second kappa shape index (κ2) is 7.26. The van der Waals surface area contributed by atoms with E-state index in [9.17, 15) is 22.8 Å². The number of nitrogens with zero attached hydrogens (tertiary/aromatic N) is 2. The van der Waals surface area contributed by atoms with Crippen LogP contribution >= 0.6 is 0 Å². The molecule has 0 saturated heterocycles. The van der Waals surface area contributed by atoms with Crippen LogP contribution in [-0.4, -0.2) is 39.2 Å². The van der Waals surface area contributed by atoms with E-state index in [2.05, 4.69) is 15.3 Å². The Morgan fingerprint density at radius 3 is 2.14 bits per heavy atom. The summed E-state index contributed by atoms with van der Waals surface area (Å²) < 4.78 is 44.6. The van der Waals surface area contributed by atoms with Gasteiger partial charge >= 0.3 is 18.1 Å². The molecule has 0 fully saturated rings. The van der Waals surface area contributed by atoms with Gasteiger partial charge in [-0.2, -0.15) is 13.2 Å². The third-order valence-electron chi connectivity index (χ3n) is 3.85. The number of aromatic carboxylic acids is 2. The van der Waals surface area contributed by atoms with Gasteiger partial charge in [-0.1, -0.05) is 0 Å². The number of halogens is 3. The molecule has 1 aromatic heterocycles. The van der Waals surface area contributed by atoms with Gasteiger partial charge in [-0.05, 0) is 30.3 Å². The van der Waals surface area contributed by atoms with E-state index >= 15 is 0 Å². The summed E-state index contributed by atoms with van der Waals surface area (Å²) in [6, 6.07) is 7.29. The first kappa shape index (κ1) is 19.9. The SMILES string of the molecule is COc1ccc2c(Nc3cc(C(=O)O)cc(C(=O)O)c3)nc(C(F)(F)F)nc2c1. The van der Waals surface area contributed by atoms with Crippen LogP contribution in [0.15, 0.2) is 36.4 Å². The number of benzene rings is 2. The van der Waals surface area contributed by atoms with Gasteiger partial charge in [0.25, 0.3) is 0 Å². The number of carbonyl (C=O) groups is 2. The third kappa shape index (κ3) is 4.18. The fourth-order valence-corrected chi connectivity index (χ4v) is 2.54. The van der Waals surface area contributed by atoms with Crippen LogP contribution in [0.1, 0.15) is 26.5 Å². The van der Waals surface area contributed by atoms with E-state index in [1.165, 1.54) is 25.3 Å². The van der Waals surface area contributed by atoms with Gasteiger partial charge in [0.1, 0.15) is 11.6 Å². The Kier molecular flexibility index (Phi) is 4.97. The predicted octanol–water partition coefficient (Wildman–Crippen LogP) is 3.80. The van der Waals surface area contributed by atoms with Crippen molar-refractivity contribution in [1.82, 2.24) is 9.97 Å². The van der Waals surface area contributed by atoms with Crippen molar-refractivity contribution in [3.63, 3.8) is 0 Å². The van der Waals surface area contributed by atoms with Crippen LogP contribution in [0.2, 0.25) is 0 Å². The molecule has 0 amide bonds. The molecule has 0 bridgehead atoms. The molecule has 8 nitrogen and oxygen atoms in total. The molecule has 0 aliphatic heterocycles. The number of nitrogens with one attached hydrogen (secondary N) is 1. The summed E-state index contributed by atoms with van der Waals surface area (Å²) >= 11 is 0. The van der Waals surface area contributed by atoms with E-state index in [0.717, 1.165) is 18.2 Å². The summed E-state index contributed by atoms with van der Waals surface area (Å²) in [7, 11) is 1.34. The minimum Gasteiger partial charge on any atom is -0.497 e. The maximum atomic E-state index is 13.2. The molecule has 2 aromatic carbocycles. The Hall–Kier alpha value is -3.89. The van der Waals surface area contributed by atoms with Crippen molar-refractivity contribution in [1.29, 1.82) is 0 Å². The lowest BCUT2D eigenvalue weighted by atomic mass is 10.1. The molecule has 0 saturated carbocycles. The third-order valence-corrected chi connectivity index (χ3v) is 3.85. The van der Waals surface area contributed by atoms with Crippen LogP contribution in [0.5, 0.6) is 5.75 Å². The van der Waals surface area contributed by atoms with Gasteiger partial charge in [0.2, 0.25) is 5.82 Å². The van der Waals surface area contributed by atoms with Gasteiger partial charge in [0, 0.05) is 17.1 Å². The largest absolute Gasteiger partial charge is 0.497 e. The zero-order valence-electron chi connectivity index (χ0n) is 14.6. The lowest BCUT2D eigenvalue weighted by Gasteiger charge is -2.14. The van der Waals surface area contributed by atoms with E-state index in [-0.39, 0.29) is 39.3 Å². The summed E-state index contributed by atoms with van der Waals surface area (Å²) in [5.74, 6) is -4.22. The number of carboxylic acid groups (broad SMARTS) is 2. The molecule has 3 aromatic rings. The highest BCUT2D eigenvalue weighted by Gasteiger charge is 2.35. The molecule has 0 aliphatic carbocycles. The van der Waals surface area contributed by atoms with Gasteiger partial charge in [-0.3, -0.25) is 0 Å². The van der Waals surface area contributed by atoms with Gasteiger partial charge < -0.3 is 20.3 Å². The summed E-state index contributed by atoms with van der Waals surface area (Å²) in [6.07, 6.45) is -4.84. The zero-order valence-corrected chi connectivity index (χ0v) is 14.6. The topological polar surface area (TPSA) is 122 Å². The number of ether oxygens (including phenoxy) is 1. The summed E-state index contributed by atoms with van der Waals surface area (Å²) in [5, 5.41) is 21.1. The monoisotopic (exact) mass is 407 g/mol. The van der Waals surface area contributed by atoms with Crippen molar-refractivity contribution in [3.8, 4) is 5.75 Å². The van der Waals surface area contributed by atoms with Gasteiger partial charge in [0.15, 0.2) is 0 Å². The minimum atomic E-state index is -4.84. The second-order valence-corrected chi connectivity index (χ2v) is 5.81. The first-order valence-electron chi connectivity index (χ1n) is 7.90. The van der Waals surface area contributed by atoms with E-state index in [1.807, 2.05) is 0 Å². The molecule has 11 heteroatoms. The Morgan fingerprint density at radius 2 is 1.62 bits per heavy atom. The molecule has 0 spiro atoms. The number of alkyl halides is 3. The van der Waals surface area contributed by atoms with Gasteiger partial charge in [-0.15, -0.1) is 0 Å². The van der Waals surface area contributed by atoms with E-state index in [4.69, 9.17) is 14.9 Å². The lowest BCUT2D eigenvalue weighted by Crippen LogP contribution is -2.13. The number of rotatable bonds is 5. The van der Waals surface area contributed by atoms with Crippen molar-refractivity contribution in [2.45, 2.75) is 6.18 Å². The van der Waals surface area contributed by atoms with E-state index < -0.39 is 23.9 Å². The Bertz CT molecular complexity index is 1100. The number of methoxy groups -OCH3 is 1. The second-order valence-electron chi connectivity index (χ2n) is 5.81. The molecule has 150 valence electrons. The van der Waals surface area contributed by atoms with Crippen molar-refractivity contribution in [3.05, 3.63) is 53.3 Å². The summed E-state index contributed by atoms with van der Waals surface area (Å²) in [5.41, 5.74) is -0.847. The van der Waals surface area contributed by atoms with Crippen LogP contribution in [0.4, 0.5) is 24.7 Å². The normalized spacial score (nSPS) is 11.3. The molecular weight excluding hydrogens is 395 g/mol. The molecule has 0 unspecified atom stereocenters. The highest BCUT2D eigenvalue weighted by Crippen LogP contribution is 2.33. The Morgan fingerprint density at radius 1 is 1.00 bits per heavy atom. The highest BCUT2D eigenvalue weighted by atomic mass is 19.4. The number of fused-ring (bicyclic) bond motifs is 1. The fraction of sp³-hybridized carbons (Fsp3) is 0.111. The molecule has 0 aliphatic rings. The van der Waals surface area contributed by atoms with Crippen molar-refractivity contribution in [2.24, 2.45) is 0 Å². The number of hydrogen-bond donors (Lipinski definition) is 3. The van der Waals surface area contributed by atoms with Crippen LogP contribution in [-0.2, 0) is 6.18 Å². The fourth-order valence-electron chi connectivity index (χ4n) is 2.54. The van der Waals surface area contributed by atoms with Crippen LogP contribution < -0.4 is 10.1 Å². The zero-order chi connectivity index (χ0) is 21.3. The van der Waals surface area contributed by atoms with Crippen LogP contribution in [0.25, 0.3) is 10.9 Å². The van der Waals surface area contributed by atoms with E-state index in [0.29, 0.717) is 0 Å². The van der Waals surface area contributed by atoms with Crippen molar-refractivity contribution >= 4 is 34.3 Å². The number of anilines is 2. The number of hydrogen-bond acceptors (Lipinski definition) is 6. The van der Waals surface area contributed by atoms with Crippen molar-refractivity contribution < 1.29 is 37.7 Å². The maximum Gasteiger partial charge on any atom is 0.451 e. The lowest BCUT2D eigenvalue weighted by molar-refractivity contribution is -0.144. The standard InChI is InChI=1S/C18H12F3N3O5/c1-29-11-2-3-12-13(7-11)23-17(18(19,20)21)24-14(12)22-10-5-8(15(25)26)4-9(6-10)16(27)28/h2-7H,1H3,(H,25,26)(H,27,28)(H,22,23,24). The molecule has 3 N–H and O–H groups in total. The minimum absolute atomic E-state index is 0.0637. The van der Waals surface area contributed by atoms with Crippen molar-refractivity contribution in [2.75, 3.05) is 12.4 Å². The van der Waals surface area contributed by atoms with Crippen LogP contribution in [0, 0.1) is 0 Å². The molecule has 0 radical (unpaired) electrons. The summed E-state index contributed by atoms with van der Waals surface area (Å²) in [6.45, 7) is 0. The van der Waals surface area contributed by atoms with Crippen LogP contribution in [0.3, 0.4) is 0 Å². The first-order chi connectivity index (χ1) is 13.6. The molecule has 3 rings (SSSR count). The maximum absolute atomic E-state index is 13.2. The molecular formula is C18H12F3N3O5. The van der Waals surface area contributed by atoms with Gasteiger partial charge in [-0.25, -0.2) is 19.6 Å². The molecule has 29 heavy (non-hydrogen) atoms. The quantitative estimate of drug-likeness (QED) is 0.584. The molecule has 0 atom stereocenters. The first-order valence-corrected chi connectivity index (χ1v) is 7.90. The number of carboxylic acids is 2. The predicted molar refractivity (Wildman–Crippen MR) is 94.7 cm³/mol. The van der Waals surface area contributed by atoms with Gasteiger partial charge in [0.05, 0.1) is 23.8 Å². The highest BCUT2D eigenvalue weighted by molar-refractivity contribution is 5.97. The average Bonchev–Trinajstić information content (AvgIpc) is 2.66. The summed E-state index contributed by atoms with van der Waals surface area (Å²) in [4.78, 5) is 29.5. The molecule has 1 heterocycles. The average molecular weight is 407 g/mol. The smallest absolute Gasteiger partial charge is 0.451 e. The van der Waals surface area contributed by atoms with E-state index in [1.54, 1.807) is 0 Å². The Balaban J connectivity index is 2.19. The number of aromatic nitrogens is 2.